The van der Waals surface area contributed by atoms with Crippen LogP contribution >= 0.6 is 22.9 Å². The first-order chi connectivity index (χ1) is 8.02. The number of nitrogens with zero attached hydrogens (tertiary/aromatic N) is 3. The molecule has 0 spiro atoms. The van der Waals surface area contributed by atoms with Gasteiger partial charge in [-0.05, 0) is 20.9 Å². The predicted octanol–water partition coefficient (Wildman–Crippen LogP) is 1.82. The van der Waals surface area contributed by atoms with Crippen LogP contribution in [0.5, 0.6) is 0 Å². The molecule has 0 amide bonds. The smallest absolute Gasteiger partial charge is 0.187 e. The Hall–Kier alpha value is -0.360. The molecule has 6 heteroatoms. The van der Waals surface area contributed by atoms with Crippen molar-refractivity contribution in [2.75, 3.05) is 25.0 Å². The molecular formula is C11H18ClN3OS. The number of piperazine rings is 1. The first-order valence-electron chi connectivity index (χ1n) is 5.76. The lowest BCUT2D eigenvalue weighted by Gasteiger charge is -2.42. The molecule has 1 fully saturated rings. The zero-order chi connectivity index (χ0) is 12.6. The van der Waals surface area contributed by atoms with Gasteiger partial charge in [-0.3, -0.25) is 4.90 Å². The third-order valence-corrected chi connectivity index (χ3v) is 4.94. The number of hydrogen-bond donors (Lipinski definition) is 1. The highest BCUT2D eigenvalue weighted by Crippen LogP contribution is 2.31. The van der Waals surface area contributed by atoms with Crippen LogP contribution in [0.4, 0.5) is 5.13 Å². The number of aromatic nitrogens is 1. The normalized spacial score (nSPS) is 26.5. The maximum atomic E-state index is 9.14. The van der Waals surface area contributed by atoms with Crippen LogP contribution in [0.15, 0.2) is 0 Å². The average molecular weight is 276 g/mol. The van der Waals surface area contributed by atoms with E-state index in [-0.39, 0.29) is 6.61 Å². The fraction of sp³-hybridized carbons (Fsp3) is 0.727. The van der Waals surface area contributed by atoms with E-state index in [4.69, 9.17) is 16.7 Å². The molecule has 0 saturated carbocycles. The van der Waals surface area contributed by atoms with Crippen molar-refractivity contribution in [3.8, 4) is 0 Å². The molecule has 1 saturated heterocycles. The fourth-order valence-corrected chi connectivity index (χ4v) is 3.25. The van der Waals surface area contributed by atoms with Crippen molar-refractivity contribution >= 4 is 28.1 Å². The predicted molar refractivity (Wildman–Crippen MR) is 71.9 cm³/mol. The number of rotatable bonds is 2. The summed E-state index contributed by atoms with van der Waals surface area (Å²) in [6.07, 6.45) is 0. The van der Waals surface area contributed by atoms with Gasteiger partial charge in [-0.15, -0.1) is 0 Å². The van der Waals surface area contributed by atoms with Crippen molar-refractivity contribution < 1.29 is 5.11 Å². The van der Waals surface area contributed by atoms with Crippen LogP contribution in [0.25, 0.3) is 0 Å². The van der Waals surface area contributed by atoms with Gasteiger partial charge < -0.3 is 10.0 Å². The molecule has 2 atom stereocenters. The SMILES string of the molecule is CC1CN(c2nc(Cl)c(CO)s2)CC(C)N1C. The highest BCUT2D eigenvalue weighted by molar-refractivity contribution is 7.16. The standard InChI is InChI=1S/C11H18ClN3OS/c1-7-4-15(5-8(2)14(7)3)11-13-10(12)9(6-16)17-11/h7-8,16H,4-6H2,1-3H3. The Morgan fingerprint density at radius 3 is 2.47 bits per heavy atom. The first kappa shape index (κ1) is 13.1. The highest BCUT2D eigenvalue weighted by Gasteiger charge is 2.28. The highest BCUT2D eigenvalue weighted by atomic mass is 35.5. The summed E-state index contributed by atoms with van der Waals surface area (Å²) in [5.74, 6) is 0. The lowest BCUT2D eigenvalue weighted by molar-refractivity contribution is 0.170. The van der Waals surface area contributed by atoms with Crippen LogP contribution in [0.3, 0.4) is 0 Å². The van der Waals surface area contributed by atoms with Gasteiger partial charge in [0.15, 0.2) is 5.13 Å². The summed E-state index contributed by atoms with van der Waals surface area (Å²) >= 11 is 7.45. The zero-order valence-corrected chi connectivity index (χ0v) is 11.9. The topological polar surface area (TPSA) is 39.6 Å². The Morgan fingerprint density at radius 2 is 2.00 bits per heavy atom. The molecule has 0 bridgehead atoms. The van der Waals surface area contributed by atoms with Crippen molar-refractivity contribution in [1.29, 1.82) is 0 Å². The van der Waals surface area contributed by atoms with Gasteiger partial charge in [0.05, 0.1) is 11.5 Å². The van der Waals surface area contributed by atoms with Gasteiger partial charge in [0.2, 0.25) is 0 Å². The first-order valence-corrected chi connectivity index (χ1v) is 6.95. The molecule has 17 heavy (non-hydrogen) atoms. The Bertz CT molecular complexity index is 386. The minimum Gasteiger partial charge on any atom is -0.391 e. The van der Waals surface area contributed by atoms with E-state index in [1.54, 1.807) is 0 Å². The summed E-state index contributed by atoms with van der Waals surface area (Å²) < 4.78 is 0. The van der Waals surface area contributed by atoms with Gasteiger partial charge in [-0.2, -0.15) is 0 Å². The number of aliphatic hydroxyl groups excluding tert-OH is 1. The van der Waals surface area contributed by atoms with Gasteiger partial charge in [0.1, 0.15) is 5.15 Å². The number of halogens is 1. The van der Waals surface area contributed by atoms with Crippen LogP contribution in [0.1, 0.15) is 18.7 Å². The molecule has 0 aliphatic carbocycles. The Balaban J connectivity index is 2.17. The molecule has 2 rings (SSSR count). The second kappa shape index (κ2) is 5.10. The van der Waals surface area contributed by atoms with E-state index in [1.807, 2.05) is 0 Å². The van der Waals surface area contributed by atoms with E-state index in [9.17, 15) is 0 Å². The summed E-state index contributed by atoms with van der Waals surface area (Å²) in [6.45, 7) is 6.30. The maximum Gasteiger partial charge on any atom is 0.187 e. The van der Waals surface area contributed by atoms with Gasteiger partial charge in [-0.25, -0.2) is 4.98 Å². The Morgan fingerprint density at radius 1 is 1.41 bits per heavy atom. The second-order valence-electron chi connectivity index (χ2n) is 4.64. The van der Waals surface area contributed by atoms with E-state index >= 15 is 0 Å². The molecule has 2 heterocycles. The van der Waals surface area contributed by atoms with Gasteiger partial charge in [0.25, 0.3) is 0 Å². The van der Waals surface area contributed by atoms with E-state index in [2.05, 4.69) is 35.7 Å². The minimum absolute atomic E-state index is 0.0324. The number of thiazole rings is 1. The van der Waals surface area contributed by atoms with Gasteiger partial charge in [0, 0.05) is 25.2 Å². The summed E-state index contributed by atoms with van der Waals surface area (Å²) in [4.78, 5) is 9.71. The molecule has 96 valence electrons. The van der Waals surface area contributed by atoms with Gasteiger partial charge in [-0.1, -0.05) is 22.9 Å². The average Bonchev–Trinajstić information content (AvgIpc) is 2.66. The van der Waals surface area contributed by atoms with Crippen LogP contribution in [-0.4, -0.2) is 47.2 Å². The summed E-state index contributed by atoms with van der Waals surface area (Å²) in [5, 5.41) is 10.5. The third-order valence-electron chi connectivity index (χ3n) is 3.41. The van der Waals surface area contributed by atoms with E-state index in [1.165, 1.54) is 11.3 Å². The molecular weight excluding hydrogens is 258 g/mol. The minimum atomic E-state index is -0.0324. The molecule has 4 nitrogen and oxygen atoms in total. The number of anilines is 1. The van der Waals surface area contributed by atoms with Crippen molar-refractivity contribution in [2.24, 2.45) is 0 Å². The van der Waals surface area contributed by atoms with Crippen LogP contribution in [0.2, 0.25) is 5.15 Å². The molecule has 1 aromatic rings. The molecule has 2 unspecified atom stereocenters. The molecule has 1 aliphatic rings. The molecule has 0 aromatic carbocycles. The van der Waals surface area contributed by atoms with Crippen molar-refractivity contribution in [3.05, 3.63) is 10.0 Å². The van der Waals surface area contributed by atoms with E-state index < -0.39 is 0 Å². The Labute approximate surface area is 111 Å². The van der Waals surface area contributed by atoms with Crippen LogP contribution in [0, 0.1) is 0 Å². The van der Waals surface area contributed by atoms with Crippen molar-refractivity contribution in [1.82, 2.24) is 9.88 Å². The quantitative estimate of drug-likeness (QED) is 0.894. The zero-order valence-electron chi connectivity index (χ0n) is 10.4. The number of likely N-dealkylation sites (N-methyl/N-ethyl adjacent to an activating group) is 1. The van der Waals surface area contributed by atoms with Gasteiger partial charge >= 0.3 is 0 Å². The lowest BCUT2D eigenvalue weighted by Crippen LogP contribution is -2.55. The number of aliphatic hydroxyl groups is 1. The summed E-state index contributed by atoms with van der Waals surface area (Å²) in [5.41, 5.74) is 0. The van der Waals surface area contributed by atoms with Crippen LogP contribution < -0.4 is 4.90 Å². The summed E-state index contributed by atoms with van der Waals surface area (Å²) in [6, 6.07) is 0.998. The maximum absolute atomic E-state index is 9.14. The monoisotopic (exact) mass is 275 g/mol. The van der Waals surface area contributed by atoms with Crippen LogP contribution in [-0.2, 0) is 6.61 Å². The number of hydrogen-bond acceptors (Lipinski definition) is 5. The Kier molecular flexibility index (Phi) is 3.92. The van der Waals surface area contributed by atoms with E-state index in [0.29, 0.717) is 17.2 Å². The largest absolute Gasteiger partial charge is 0.391 e. The summed E-state index contributed by atoms with van der Waals surface area (Å²) in [7, 11) is 2.15. The molecule has 1 N–H and O–H groups in total. The molecule has 1 aliphatic heterocycles. The van der Waals surface area contributed by atoms with Crippen molar-refractivity contribution in [3.63, 3.8) is 0 Å². The van der Waals surface area contributed by atoms with Crippen molar-refractivity contribution in [2.45, 2.75) is 32.5 Å². The lowest BCUT2D eigenvalue weighted by atomic mass is 10.1. The second-order valence-corrected chi connectivity index (χ2v) is 6.06. The third kappa shape index (κ3) is 2.57. The fourth-order valence-electron chi connectivity index (χ4n) is 2.11. The molecule has 1 aromatic heterocycles. The van der Waals surface area contributed by atoms with E-state index in [0.717, 1.165) is 23.1 Å². The molecule has 0 radical (unpaired) electrons.